The topological polar surface area (TPSA) is 50.8 Å². The van der Waals surface area contributed by atoms with E-state index in [-0.39, 0.29) is 23.6 Å². The lowest BCUT2D eigenvalue weighted by atomic mass is 9.94. The molecule has 2 heterocycles. The molecule has 5 nitrogen and oxygen atoms in total. The van der Waals surface area contributed by atoms with Crippen LogP contribution in [0.2, 0.25) is 0 Å². The monoisotopic (exact) mass is 270 g/mol. The molecular formula is C14H26N2O3. The van der Waals surface area contributed by atoms with E-state index in [2.05, 4.69) is 24.1 Å². The van der Waals surface area contributed by atoms with Gasteiger partial charge in [-0.2, -0.15) is 0 Å². The van der Waals surface area contributed by atoms with Gasteiger partial charge in [-0.3, -0.25) is 9.69 Å². The normalized spacial score (nSPS) is 29.7. The van der Waals surface area contributed by atoms with E-state index >= 15 is 0 Å². The van der Waals surface area contributed by atoms with Crippen LogP contribution in [0.25, 0.3) is 0 Å². The van der Waals surface area contributed by atoms with E-state index in [9.17, 15) is 4.79 Å². The average molecular weight is 270 g/mol. The van der Waals surface area contributed by atoms with Crippen molar-refractivity contribution in [3.8, 4) is 0 Å². The van der Waals surface area contributed by atoms with Gasteiger partial charge in [-0.25, -0.2) is 0 Å². The van der Waals surface area contributed by atoms with E-state index in [4.69, 9.17) is 9.47 Å². The van der Waals surface area contributed by atoms with Gasteiger partial charge in [0.15, 0.2) is 0 Å². The number of hydrogen-bond donors (Lipinski definition) is 1. The molecule has 2 atom stereocenters. The fourth-order valence-electron chi connectivity index (χ4n) is 2.81. The number of amides is 1. The lowest BCUT2D eigenvalue weighted by Gasteiger charge is -2.37. The van der Waals surface area contributed by atoms with E-state index < -0.39 is 0 Å². The Labute approximate surface area is 115 Å². The first-order valence-electron chi connectivity index (χ1n) is 7.24. The van der Waals surface area contributed by atoms with E-state index in [0.29, 0.717) is 0 Å². The highest BCUT2D eigenvalue weighted by molar-refractivity contribution is 5.81. The molecule has 2 fully saturated rings. The standard InChI is InChI=1S/C14H26N2O3/c1-11(16-5-8-18-9-6-16)13(17)15-12-4-7-19-14(2,3)10-12/h11-12H,4-10H2,1-3H3,(H,15,17)/t11-,12+/m0/s1. The highest BCUT2D eigenvalue weighted by Crippen LogP contribution is 2.24. The summed E-state index contributed by atoms with van der Waals surface area (Å²) >= 11 is 0. The Balaban J connectivity index is 1.82. The zero-order valence-corrected chi connectivity index (χ0v) is 12.3. The van der Waals surface area contributed by atoms with Crippen LogP contribution in [-0.2, 0) is 14.3 Å². The van der Waals surface area contributed by atoms with Crippen LogP contribution in [-0.4, -0.2) is 61.4 Å². The van der Waals surface area contributed by atoms with Gasteiger partial charge in [-0.15, -0.1) is 0 Å². The Kier molecular flexibility index (Phi) is 4.81. The van der Waals surface area contributed by atoms with Crippen molar-refractivity contribution in [2.45, 2.75) is 51.3 Å². The molecule has 0 unspecified atom stereocenters. The zero-order valence-electron chi connectivity index (χ0n) is 12.3. The van der Waals surface area contributed by atoms with E-state index in [1.165, 1.54) is 0 Å². The second-order valence-corrected chi connectivity index (χ2v) is 6.13. The Morgan fingerprint density at radius 1 is 1.32 bits per heavy atom. The van der Waals surface area contributed by atoms with Crippen LogP contribution in [0.4, 0.5) is 0 Å². The largest absolute Gasteiger partial charge is 0.379 e. The number of ether oxygens (including phenoxy) is 2. The molecule has 2 aliphatic rings. The van der Waals surface area contributed by atoms with Crippen LogP contribution < -0.4 is 5.32 Å². The Hall–Kier alpha value is -0.650. The minimum absolute atomic E-state index is 0.0742. The number of carbonyl (C=O) groups excluding carboxylic acids is 1. The molecule has 2 rings (SSSR count). The first kappa shape index (κ1) is 14.8. The number of morpholine rings is 1. The van der Waals surface area contributed by atoms with Crippen molar-refractivity contribution in [1.82, 2.24) is 10.2 Å². The van der Waals surface area contributed by atoms with Gasteiger partial charge in [0.2, 0.25) is 5.91 Å². The smallest absolute Gasteiger partial charge is 0.237 e. The van der Waals surface area contributed by atoms with E-state index in [1.54, 1.807) is 0 Å². The molecule has 0 radical (unpaired) electrons. The maximum atomic E-state index is 12.3. The van der Waals surface area contributed by atoms with Crippen LogP contribution in [0.1, 0.15) is 33.6 Å². The lowest BCUT2D eigenvalue weighted by Crippen LogP contribution is -2.53. The highest BCUT2D eigenvalue weighted by Gasteiger charge is 2.31. The number of rotatable bonds is 3. The van der Waals surface area contributed by atoms with Crippen molar-refractivity contribution >= 4 is 5.91 Å². The molecule has 0 bridgehead atoms. The van der Waals surface area contributed by atoms with Crippen molar-refractivity contribution in [3.63, 3.8) is 0 Å². The Morgan fingerprint density at radius 2 is 2.00 bits per heavy atom. The molecule has 0 aromatic heterocycles. The molecule has 1 N–H and O–H groups in total. The van der Waals surface area contributed by atoms with Gasteiger partial charge >= 0.3 is 0 Å². The minimum Gasteiger partial charge on any atom is -0.379 e. The first-order chi connectivity index (χ1) is 8.98. The molecule has 5 heteroatoms. The van der Waals surface area contributed by atoms with E-state index in [0.717, 1.165) is 45.8 Å². The second kappa shape index (κ2) is 6.20. The van der Waals surface area contributed by atoms with Crippen LogP contribution in [0.15, 0.2) is 0 Å². The maximum Gasteiger partial charge on any atom is 0.237 e. The summed E-state index contributed by atoms with van der Waals surface area (Å²) < 4.78 is 11.0. The zero-order chi connectivity index (χ0) is 13.9. The average Bonchev–Trinajstić information content (AvgIpc) is 2.37. The first-order valence-corrected chi connectivity index (χ1v) is 7.24. The molecule has 2 saturated heterocycles. The number of nitrogens with one attached hydrogen (secondary N) is 1. The Morgan fingerprint density at radius 3 is 2.63 bits per heavy atom. The molecule has 0 aromatic carbocycles. The third-order valence-electron chi connectivity index (χ3n) is 4.02. The lowest BCUT2D eigenvalue weighted by molar-refractivity contribution is -0.130. The number of carbonyl (C=O) groups is 1. The molecule has 0 saturated carbocycles. The van der Waals surface area contributed by atoms with E-state index in [1.807, 2.05) is 6.92 Å². The minimum atomic E-state index is -0.127. The van der Waals surface area contributed by atoms with Gasteiger partial charge in [0.25, 0.3) is 0 Å². The molecule has 0 spiro atoms. The number of nitrogens with zero attached hydrogens (tertiary/aromatic N) is 1. The van der Waals surface area contributed by atoms with Gasteiger partial charge in [-0.05, 0) is 33.6 Å². The molecule has 110 valence electrons. The SMILES string of the molecule is C[C@@H](C(=O)N[C@@H]1CCOC(C)(C)C1)N1CCOCC1. The number of hydrogen-bond acceptors (Lipinski definition) is 4. The summed E-state index contributed by atoms with van der Waals surface area (Å²) in [6.07, 6.45) is 1.79. The molecular weight excluding hydrogens is 244 g/mol. The quantitative estimate of drug-likeness (QED) is 0.823. The van der Waals surface area contributed by atoms with Gasteiger partial charge < -0.3 is 14.8 Å². The fourth-order valence-corrected chi connectivity index (χ4v) is 2.81. The van der Waals surface area contributed by atoms with Crippen LogP contribution in [0.5, 0.6) is 0 Å². The van der Waals surface area contributed by atoms with Gasteiger partial charge in [0.1, 0.15) is 0 Å². The summed E-state index contributed by atoms with van der Waals surface area (Å²) in [7, 11) is 0. The van der Waals surface area contributed by atoms with Crippen molar-refractivity contribution in [3.05, 3.63) is 0 Å². The molecule has 0 aromatic rings. The van der Waals surface area contributed by atoms with Crippen LogP contribution in [0, 0.1) is 0 Å². The Bertz CT molecular complexity index is 314. The van der Waals surface area contributed by atoms with Crippen molar-refractivity contribution in [1.29, 1.82) is 0 Å². The summed E-state index contributed by atoms with van der Waals surface area (Å²) in [6.45, 7) is 9.99. The molecule has 1 amide bonds. The summed E-state index contributed by atoms with van der Waals surface area (Å²) in [5.74, 6) is 0.129. The van der Waals surface area contributed by atoms with Crippen molar-refractivity contribution in [2.75, 3.05) is 32.9 Å². The summed E-state index contributed by atoms with van der Waals surface area (Å²) in [4.78, 5) is 14.5. The second-order valence-electron chi connectivity index (χ2n) is 6.13. The van der Waals surface area contributed by atoms with Gasteiger partial charge in [0, 0.05) is 25.7 Å². The molecule has 2 aliphatic heterocycles. The predicted octanol–water partition coefficient (Wildman–Crippen LogP) is 0.781. The van der Waals surface area contributed by atoms with Crippen LogP contribution in [0.3, 0.4) is 0 Å². The summed E-state index contributed by atoms with van der Waals surface area (Å²) in [5.41, 5.74) is -0.127. The molecule has 0 aliphatic carbocycles. The summed E-state index contributed by atoms with van der Waals surface area (Å²) in [5, 5.41) is 3.17. The predicted molar refractivity (Wildman–Crippen MR) is 73.0 cm³/mol. The van der Waals surface area contributed by atoms with Gasteiger partial charge in [-0.1, -0.05) is 0 Å². The van der Waals surface area contributed by atoms with Crippen LogP contribution >= 0.6 is 0 Å². The third-order valence-corrected chi connectivity index (χ3v) is 4.02. The fraction of sp³-hybridized carbons (Fsp3) is 0.929. The molecule has 19 heavy (non-hydrogen) atoms. The van der Waals surface area contributed by atoms with Crippen molar-refractivity contribution in [2.24, 2.45) is 0 Å². The van der Waals surface area contributed by atoms with Crippen molar-refractivity contribution < 1.29 is 14.3 Å². The van der Waals surface area contributed by atoms with Gasteiger partial charge in [0.05, 0.1) is 24.9 Å². The summed E-state index contributed by atoms with van der Waals surface area (Å²) in [6, 6.07) is 0.162. The third kappa shape index (κ3) is 4.16. The highest BCUT2D eigenvalue weighted by atomic mass is 16.5. The maximum absolute atomic E-state index is 12.3.